The molecule has 2 aromatic carbocycles. The Labute approximate surface area is 250 Å². The summed E-state index contributed by atoms with van der Waals surface area (Å²) >= 11 is 6.85. The zero-order chi connectivity index (χ0) is 29.6. The van der Waals surface area contributed by atoms with E-state index in [2.05, 4.69) is 82.6 Å². The van der Waals surface area contributed by atoms with Crippen LogP contribution in [0.4, 0.5) is 11.4 Å². The molecule has 0 spiro atoms. The minimum absolute atomic E-state index is 0.00897. The third-order valence-corrected chi connectivity index (χ3v) is 8.20. The normalized spacial score (nSPS) is 16.5. The second-order valence-electron chi connectivity index (χ2n) is 12.5. The Morgan fingerprint density at radius 1 is 1.17 bits per heavy atom. The van der Waals surface area contributed by atoms with Gasteiger partial charge < -0.3 is 20.8 Å². The summed E-state index contributed by atoms with van der Waals surface area (Å²) < 4.78 is 5.58. The molecule has 216 valence electrons. The van der Waals surface area contributed by atoms with E-state index in [1.54, 1.807) is 19.5 Å². The number of methoxy groups -OCH3 is 1. The van der Waals surface area contributed by atoms with E-state index in [0.717, 1.165) is 51.6 Å². The predicted octanol–water partition coefficient (Wildman–Crippen LogP) is 6.65. The highest BCUT2D eigenvalue weighted by molar-refractivity contribution is 6.35. The van der Waals surface area contributed by atoms with Crippen LogP contribution in [0, 0.1) is 16.7 Å². The Balaban J connectivity index is 1.48. The van der Waals surface area contributed by atoms with E-state index < -0.39 is 0 Å². The van der Waals surface area contributed by atoms with Gasteiger partial charge in [0.05, 0.1) is 46.2 Å². The number of benzene rings is 2. The molecule has 1 aliphatic heterocycles. The van der Waals surface area contributed by atoms with Gasteiger partial charge >= 0.3 is 0 Å². The monoisotopic (exact) mass is 582 g/mol. The van der Waals surface area contributed by atoms with Gasteiger partial charge in [0.1, 0.15) is 6.07 Å². The summed E-state index contributed by atoms with van der Waals surface area (Å²) in [6.45, 7) is 9.37. The molecule has 9 nitrogen and oxygen atoms in total. The zero-order valence-corrected chi connectivity index (χ0v) is 25.2. The van der Waals surface area contributed by atoms with Crippen LogP contribution in [0.5, 0.6) is 5.88 Å². The Kier molecular flexibility index (Phi) is 7.00. The quantitative estimate of drug-likeness (QED) is 0.181. The van der Waals surface area contributed by atoms with Crippen molar-refractivity contribution in [2.75, 3.05) is 24.3 Å². The van der Waals surface area contributed by atoms with Crippen molar-refractivity contribution in [1.82, 2.24) is 25.9 Å². The van der Waals surface area contributed by atoms with Gasteiger partial charge in [-0.1, -0.05) is 44.5 Å². The molecular weight excluding hydrogens is 548 g/mol. The zero-order valence-electron chi connectivity index (χ0n) is 24.5. The number of anilines is 2. The van der Waals surface area contributed by atoms with Crippen molar-refractivity contribution < 1.29 is 4.74 Å². The molecule has 0 bridgehead atoms. The van der Waals surface area contributed by atoms with Crippen LogP contribution in [0.25, 0.3) is 21.7 Å². The molecule has 1 atom stereocenters. The van der Waals surface area contributed by atoms with Crippen molar-refractivity contribution in [3.63, 3.8) is 0 Å². The molecule has 0 unspecified atom stereocenters. The lowest BCUT2D eigenvalue weighted by atomic mass is 9.96. The third-order valence-electron chi connectivity index (χ3n) is 7.91. The second kappa shape index (κ2) is 10.5. The largest absolute Gasteiger partial charge is 0.481 e. The Bertz CT molecular complexity index is 1750. The molecule has 0 radical (unpaired) electrons. The molecule has 4 aromatic rings. The van der Waals surface area contributed by atoms with E-state index in [4.69, 9.17) is 16.3 Å². The Hall–Kier alpha value is -4.26. The van der Waals surface area contributed by atoms with Crippen LogP contribution < -0.4 is 26.3 Å². The summed E-state index contributed by atoms with van der Waals surface area (Å²) in [4.78, 5) is 8.95. The first-order valence-electron chi connectivity index (χ1n) is 14.1. The first-order chi connectivity index (χ1) is 20.1. The number of fused-ring (bicyclic) bond motifs is 2. The van der Waals surface area contributed by atoms with Crippen LogP contribution in [0.1, 0.15) is 57.7 Å². The van der Waals surface area contributed by atoms with Crippen molar-refractivity contribution in [2.24, 2.45) is 5.41 Å². The average Bonchev–Trinajstić information content (AvgIpc) is 3.52. The maximum atomic E-state index is 9.90. The SMILES string of the molecule is COc1nccc2c([C@H](Nc3cc(Cl)c4ncc(C#N)c(NCC(C)(C)C)c4c3)C3=CN(C4(C)CC4)NN3)cccc12. The number of hydrogen-bond donors (Lipinski definition) is 4. The molecule has 0 saturated heterocycles. The average molecular weight is 583 g/mol. The van der Waals surface area contributed by atoms with Gasteiger partial charge in [-0.15, -0.1) is 5.53 Å². The standard InChI is InChI=1S/C32H35ClN8O/c1-31(2,3)18-37-27-19(15-34)16-36-28-24(27)13-20(14-25(28)33)38-29(26-17-41(40-39-26)32(4)10-11-32)22-7-6-8-23-21(22)9-12-35-30(23)42-5/h6-9,12-14,16-17,29,38-40H,10-11,18H2,1-5H3,(H,36,37)/t29-/m0/s1. The molecule has 3 heterocycles. The van der Waals surface area contributed by atoms with Crippen molar-refractivity contribution >= 4 is 44.7 Å². The maximum absolute atomic E-state index is 9.90. The number of rotatable bonds is 8. The highest BCUT2D eigenvalue weighted by Gasteiger charge is 2.44. The van der Waals surface area contributed by atoms with E-state index in [1.807, 2.05) is 30.3 Å². The molecule has 4 N–H and O–H groups in total. The van der Waals surface area contributed by atoms with Gasteiger partial charge in [-0.05, 0) is 60.4 Å². The van der Waals surface area contributed by atoms with E-state index >= 15 is 0 Å². The van der Waals surface area contributed by atoms with Crippen molar-refractivity contribution in [3.8, 4) is 11.9 Å². The predicted molar refractivity (Wildman–Crippen MR) is 168 cm³/mol. The highest BCUT2D eigenvalue weighted by atomic mass is 35.5. The lowest BCUT2D eigenvalue weighted by Gasteiger charge is -2.24. The summed E-state index contributed by atoms with van der Waals surface area (Å²) in [5.41, 5.74) is 11.5. The fourth-order valence-electron chi connectivity index (χ4n) is 5.27. The van der Waals surface area contributed by atoms with E-state index in [9.17, 15) is 5.26 Å². The summed E-state index contributed by atoms with van der Waals surface area (Å²) in [5, 5.41) is 22.5. The smallest absolute Gasteiger partial charge is 0.221 e. The number of ether oxygens (including phenoxy) is 1. The van der Waals surface area contributed by atoms with Crippen LogP contribution in [0.3, 0.4) is 0 Å². The lowest BCUT2D eigenvalue weighted by Crippen LogP contribution is -2.43. The number of nitriles is 1. The van der Waals surface area contributed by atoms with Crippen molar-refractivity contribution in [2.45, 2.75) is 52.1 Å². The number of hydrogen-bond acceptors (Lipinski definition) is 9. The first-order valence-corrected chi connectivity index (χ1v) is 14.5. The van der Waals surface area contributed by atoms with Gasteiger partial charge in [-0.25, -0.2) is 4.98 Å². The topological polar surface area (TPSA) is 110 Å². The Morgan fingerprint density at radius 3 is 2.69 bits per heavy atom. The number of pyridine rings is 2. The van der Waals surface area contributed by atoms with Gasteiger partial charge in [-0.2, -0.15) is 5.26 Å². The number of halogens is 1. The summed E-state index contributed by atoms with van der Waals surface area (Å²) in [7, 11) is 1.63. The second-order valence-corrected chi connectivity index (χ2v) is 12.9. The first kappa shape index (κ1) is 27.9. The Morgan fingerprint density at radius 2 is 1.98 bits per heavy atom. The molecule has 1 fully saturated rings. The summed E-state index contributed by atoms with van der Waals surface area (Å²) in [6, 6.07) is 14.1. The number of nitrogens with one attached hydrogen (secondary N) is 4. The molecule has 1 saturated carbocycles. The molecule has 10 heteroatoms. The van der Waals surface area contributed by atoms with Crippen LogP contribution in [0.15, 0.2) is 60.7 Å². The number of nitrogens with zero attached hydrogens (tertiary/aromatic N) is 4. The lowest BCUT2D eigenvalue weighted by molar-refractivity contribution is 0.190. The van der Waals surface area contributed by atoms with Crippen molar-refractivity contribution in [3.05, 3.63) is 76.8 Å². The van der Waals surface area contributed by atoms with Gasteiger partial charge in [0.15, 0.2) is 0 Å². The minimum Gasteiger partial charge on any atom is -0.481 e. The van der Waals surface area contributed by atoms with Crippen LogP contribution in [-0.4, -0.2) is 34.2 Å². The van der Waals surface area contributed by atoms with Crippen LogP contribution in [0.2, 0.25) is 5.02 Å². The van der Waals surface area contributed by atoms with Gasteiger partial charge in [0.2, 0.25) is 5.88 Å². The summed E-state index contributed by atoms with van der Waals surface area (Å²) in [6.07, 6.45) is 7.73. The van der Waals surface area contributed by atoms with Crippen LogP contribution in [-0.2, 0) is 0 Å². The van der Waals surface area contributed by atoms with Crippen LogP contribution >= 0.6 is 11.6 Å². The molecular formula is C32H35ClN8O. The number of aromatic nitrogens is 2. The molecule has 42 heavy (non-hydrogen) atoms. The van der Waals surface area contributed by atoms with E-state index in [0.29, 0.717) is 28.5 Å². The van der Waals surface area contributed by atoms with Gasteiger partial charge in [0.25, 0.3) is 0 Å². The molecule has 6 rings (SSSR count). The highest BCUT2D eigenvalue weighted by Crippen LogP contribution is 2.43. The fraction of sp³-hybridized carbons (Fsp3) is 0.344. The third kappa shape index (κ3) is 5.24. The minimum atomic E-state index is -0.285. The number of hydrazine groups is 2. The molecule has 2 aliphatic rings. The molecule has 2 aromatic heterocycles. The maximum Gasteiger partial charge on any atom is 0.221 e. The van der Waals surface area contributed by atoms with E-state index in [-0.39, 0.29) is 17.0 Å². The summed E-state index contributed by atoms with van der Waals surface area (Å²) in [5.74, 6) is 0.574. The molecule has 1 aliphatic carbocycles. The molecule has 0 amide bonds. The van der Waals surface area contributed by atoms with Gasteiger partial charge in [0, 0.05) is 41.6 Å². The van der Waals surface area contributed by atoms with Gasteiger partial charge in [-0.3, -0.25) is 9.99 Å². The van der Waals surface area contributed by atoms with Crippen molar-refractivity contribution in [1.29, 1.82) is 5.26 Å². The van der Waals surface area contributed by atoms with E-state index in [1.165, 1.54) is 0 Å². The fourth-order valence-corrected chi connectivity index (χ4v) is 5.54.